The Morgan fingerprint density at radius 3 is 2.09 bits per heavy atom. The number of urea groups is 1. The van der Waals surface area contributed by atoms with Gasteiger partial charge < -0.3 is 15.4 Å². The molecule has 0 bridgehead atoms. The fourth-order valence-corrected chi connectivity index (χ4v) is 4.02. The molecule has 3 aromatic rings. The van der Waals surface area contributed by atoms with Crippen LogP contribution in [0.3, 0.4) is 0 Å². The van der Waals surface area contributed by atoms with Crippen LogP contribution < -0.4 is 15.4 Å². The highest BCUT2D eigenvalue weighted by Gasteiger charge is 2.25. The number of carbonyl (C=O) groups is 1. The maximum Gasteiger partial charge on any atom is 0.315 e. The van der Waals surface area contributed by atoms with Crippen LogP contribution >= 0.6 is 0 Å². The largest absolute Gasteiger partial charge is 0.474 e. The van der Waals surface area contributed by atoms with Crippen molar-refractivity contribution in [1.29, 1.82) is 5.26 Å². The van der Waals surface area contributed by atoms with Crippen molar-refractivity contribution in [2.45, 2.75) is 43.9 Å². The van der Waals surface area contributed by atoms with Crippen LogP contribution in [0.15, 0.2) is 79.0 Å². The summed E-state index contributed by atoms with van der Waals surface area (Å²) in [5.74, 6) is 0.534. The second-order valence-electron chi connectivity index (χ2n) is 7.96. The first-order valence-corrected chi connectivity index (χ1v) is 10.9. The number of rotatable bonds is 6. The number of benzene rings is 2. The van der Waals surface area contributed by atoms with Crippen LogP contribution in [0.25, 0.3) is 0 Å². The Labute approximate surface area is 188 Å². The lowest BCUT2D eigenvalue weighted by molar-refractivity contribution is 0.134. The Morgan fingerprint density at radius 2 is 1.56 bits per heavy atom. The minimum absolute atomic E-state index is 0.0675. The Kier molecular flexibility index (Phi) is 6.98. The van der Waals surface area contributed by atoms with Gasteiger partial charge in [0.2, 0.25) is 5.88 Å². The molecule has 1 aliphatic rings. The van der Waals surface area contributed by atoms with E-state index in [1.165, 1.54) is 6.20 Å². The van der Waals surface area contributed by atoms with E-state index in [9.17, 15) is 4.79 Å². The average Bonchev–Trinajstić information content (AvgIpc) is 2.85. The maximum absolute atomic E-state index is 12.8. The molecule has 32 heavy (non-hydrogen) atoms. The topological polar surface area (TPSA) is 87.0 Å². The van der Waals surface area contributed by atoms with Crippen LogP contribution in [-0.4, -0.2) is 23.2 Å². The van der Waals surface area contributed by atoms with Crippen molar-refractivity contribution >= 4 is 6.03 Å². The minimum Gasteiger partial charge on any atom is -0.474 e. The summed E-state index contributed by atoms with van der Waals surface area (Å²) in [7, 11) is 0. The van der Waals surface area contributed by atoms with Crippen LogP contribution in [0, 0.1) is 11.3 Å². The number of hydrogen-bond acceptors (Lipinski definition) is 4. The van der Waals surface area contributed by atoms with E-state index in [4.69, 9.17) is 10.00 Å². The van der Waals surface area contributed by atoms with E-state index in [2.05, 4.69) is 21.7 Å². The lowest BCUT2D eigenvalue weighted by Crippen LogP contribution is -2.45. The van der Waals surface area contributed by atoms with E-state index in [1.807, 2.05) is 60.7 Å². The normalized spacial score (nSPS) is 17.9. The number of amides is 2. The Morgan fingerprint density at radius 1 is 0.938 bits per heavy atom. The molecule has 0 unspecified atom stereocenters. The number of nitriles is 1. The van der Waals surface area contributed by atoms with Gasteiger partial charge in [-0.2, -0.15) is 5.26 Å². The van der Waals surface area contributed by atoms with Crippen molar-refractivity contribution in [3.8, 4) is 11.9 Å². The van der Waals surface area contributed by atoms with Crippen molar-refractivity contribution in [2.24, 2.45) is 0 Å². The zero-order valence-electron chi connectivity index (χ0n) is 17.8. The second kappa shape index (κ2) is 10.5. The van der Waals surface area contributed by atoms with Crippen molar-refractivity contribution < 1.29 is 9.53 Å². The van der Waals surface area contributed by atoms with E-state index in [0.717, 1.165) is 36.8 Å². The first kappa shape index (κ1) is 21.4. The first-order valence-electron chi connectivity index (χ1n) is 10.9. The average molecular weight is 427 g/mol. The van der Waals surface area contributed by atoms with Crippen LogP contribution in [0.4, 0.5) is 4.79 Å². The van der Waals surface area contributed by atoms with E-state index in [-0.39, 0.29) is 24.2 Å². The SMILES string of the molecule is N#Cc1ccc(OC2CCC(NC(=O)NC(c3ccccc3)c3ccccc3)CC2)nc1. The van der Waals surface area contributed by atoms with Gasteiger partial charge in [0, 0.05) is 18.3 Å². The molecular weight excluding hydrogens is 400 g/mol. The number of nitrogens with zero attached hydrogens (tertiary/aromatic N) is 2. The molecule has 4 rings (SSSR count). The predicted molar refractivity (Wildman–Crippen MR) is 122 cm³/mol. The number of nitrogens with one attached hydrogen (secondary N) is 2. The highest BCUT2D eigenvalue weighted by molar-refractivity contribution is 5.75. The second-order valence-corrected chi connectivity index (χ2v) is 7.96. The highest BCUT2D eigenvalue weighted by Crippen LogP contribution is 2.24. The van der Waals surface area contributed by atoms with Gasteiger partial charge in [-0.25, -0.2) is 9.78 Å². The van der Waals surface area contributed by atoms with E-state index in [0.29, 0.717) is 11.4 Å². The van der Waals surface area contributed by atoms with Gasteiger partial charge in [0.25, 0.3) is 0 Å². The number of pyridine rings is 1. The van der Waals surface area contributed by atoms with Crippen LogP contribution in [0.5, 0.6) is 5.88 Å². The zero-order valence-corrected chi connectivity index (χ0v) is 17.8. The molecule has 1 fully saturated rings. The smallest absolute Gasteiger partial charge is 0.315 e. The van der Waals surface area contributed by atoms with Gasteiger partial charge in [0.15, 0.2) is 0 Å². The van der Waals surface area contributed by atoms with Crippen LogP contribution in [-0.2, 0) is 0 Å². The summed E-state index contributed by atoms with van der Waals surface area (Å²) in [5.41, 5.74) is 2.60. The monoisotopic (exact) mass is 426 g/mol. The lowest BCUT2D eigenvalue weighted by Gasteiger charge is -2.30. The molecule has 1 saturated carbocycles. The Hall–Kier alpha value is -3.85. The van der Waals surface area contributed by atoms with Crippen LogP contribution in [0.1, 0.15) is 48.4 Å². The third-order valence-electron chi connectivity index (χ3n) is 5.70. The first-order chi connectivity index (χ1) is 15.7. The lowest BCUT2D eigenvalue weighted by atomic mass is 9.93. The van der Waals surface area contributed by atoms with Crippen molar-refractivity contribution in [3.05, 3.63) is 95.7 Å². The number of carbonyl (C=O) groups excluding carboxylic acids is 1. The molecule has 2 amide bonds. The van der Waals surface area contributed by atoms with Gasteiger partial charge >= 0.3 is 6.03 Å². The number of hydrogen-bond donors (Lipinski definition) is 2. The summed E-state index contributed by atoms with van der Waals surface area (Å²) in [6, 6.07) is 25.2. The van der Waals surface area contributed by atoms with E-state index in [1.54, 1.807) is 12.1 Å². The van der Waals surface area contributed by atoms with Crippen LogP contribution in [0.2, 0.25) is 0 Å². The number of aromatic nitrogens is 1. The molecule has 2 N–H and O–H groups in total. The van der Waals surface area contributed by atoms with Gasteiger partial charge in [-0.05, 0) is 42.9 Å². The van der Waals surface area contributed by atoms with Crippen molar-refractivity contribution in [3.63, 3.8) is 0 Å². The molecule has 0 spiro atoms. The molecule has 0 radical (unpaired) electrons. The molecule has 0 atom stereocenters. The Bertz CT molecular complexity index is 1000. The minimum atomic E-state index is -0.209. The molecule has 6 nitrogen and oxygen atoms in total. The quantitative estimate of drug-likeness (QED) is 0.596. The van der Waals surface area contributed by atoms with E-state index < -0.39 is 0 Å². The molecule has 162 valence electrons. The maximum atomic E-state index is 12.8. The molecule has 1 aromatic heterocycles. The molecule has 6 heteroatoms. The highest BCUT2D eigenvalue weighted by atomic mass is 16.5. The summed E-state index contributed by atoms with van der Waals surface area (Å²) in [4.78, 5) is 17.0. The summed E-state index contributed by atoms with van der Waals surface area (Å²) in [5, 5.41) is 15.1. The van der Waals surface area contributed by atoms with Gasteiger partial charge in [-0.1, -0.05) is 60.7 Å². The summed E-state index contributed by atoms with van der Waals surface area (Å²) in [6.45, 7) is 0. The number of ether oxygens (including phenoxy) is 1. The molecule has 1 aliphatic carbocycles. The third-order valence-corrected chi connectivity index (χ3v) is 5.70. The standard InChI is InChI=1S/C26H26N4O2/c27-17-19-11-16-24(28-18-19)32-23-14-12-22(13-15-23)29-26(31)30-25(20-7-3-1-4-8-20)21-9-5-2-6-10-21/h1-11,16,18,22-23,25H,12-15H2,(H2,29,30,31). The van der Waals surface area contributed by atoms with E-state index >= 15 is 0 Å². The molecular formula is C26H26N4O2. The molecule has 0 saturated heterocycles. The van der Waals surface area contributed by atoms with Gasteiger partial charge in [0.1, 0.15) is 12.2 Å². The molecule has 0 aliphatic heterocycles. The van der Waals surface area contributed by atoms with Crippen molar-refractivity contribution in [1.82, 2.24) is 15.6 Å². The summed E-state index contributed by atoms with van der Waals surface area (Å²) in [6.07, 6.45) is 4.95. The third kappa shape index (κ3) is 5.64. The fourth-order valence-electron chi connectivity index (χ4n) is 4.02. The van der Waals surface area contributed by atoms with Gasteiger partial charge in [-0.15, -0.1) is 0 Å². The van der Waals surface area contributed by atoms with Gasteiger partial charge in [-0.3, -0.25) is 0 Å². The Balaban J connectivity index is 1.30. The predicted octanol–water partition coefficient (Wildman–Crippen LogP) is 4.73. The fraction of sp³-hybridized carbons (Fsp3) is 0.269. The molecule has 1 heterocycles. The zero-order chi connectivity index (χ0) is 22.2. The van der Waals surface area contributed by atoms with Crippen molar-refractivity contribution in [2.75, 3.05) is 0 Å². The summed E-state index contributed by atoms with van der Waals surface area (Å²) < 4.78 is 5.94. The summed E-state index contributed by atoms with van der Waals surface area (Å²) >= 11 is 0. The van der Waals surface area contributed by atoms with Gasteiger partial charge in [0.05, 0.1) is 11.6 Å². The molecule has 2 aromatic carbocycles.